The van der Waals surface area contributed by atoms with Gasteiger partial charge in [0.25, 0.3) is 0 Å². The second-order valence-electron chi connectivity index (χ2n) is 7.92. The van der Waals surface area contributed by atoms with E-state index in [1.54, 1.807) is 4.68 Å². The Labute approximate surface area is 191 Å². The molecule has 0 atom stereocenters. The van der Waals surface area contributed by atoms with Gasteiger partial charge in [0.15, 0.2) is 0 Å². The molecule has 7 heteroatoms. The van der Waals surface area contributed by atoms with Crippen molar-refractivity contribution in [3.8, 4) is 11.1 Å². The van der Waals surface area contributed by atoms with Crippen LogP contribution in [0, 0.1) is 6.92 Å². The SMILES string of the molecule is Cc1nn(C)c(Cl)c1CN1CCCN(Cc2cnccc2-c2ccc(Br)cc2)CC1. The second kappa shape index (κ2) is 9.60. The van der Waals surface area contributed by atoms with Crippen molar-refractivity contribution in [2.24, 2.45) is 7.05 Å². The highest BCUT2D eigenvalue weighted by atomic mass is 79.9. The molecule has 0 spiro atoms. The normalized spacial score (nSPS) is 16.0. The molecule has 1 saturated heterocycles. The summed E-state index contributed by atoms with van der Waals surface area (Å²) in [6.07, 6.45) is 5.04. The van der Waals surface area contributed by atoms with E-state index in [2.05, 4.69) is 66.1 Å². The number of hydrogen-bond donors (Lipinski definition) is 0. The van der Waals surface area contributed by atoms with Crippen LogP contribution < -0.4 is 0 Å². The van der Waals surface area contributed by atoms with Crippen molar-refractivity contribution in [3.05, 3.63) is 69.2 Å². The monoisotopic (exact) mass is 487 g/mol. The van der Waals surface area contributed by atoms with Crippen LogP contribution in [0.15, 0.2) is 47.2 Å². The number of benzene rings is 1. The number of rotatable bonds is 5. The highest BCUT2D eigenvalue weighted by Gasteiger charge is 2.20. The lowest BCUT2D eigenvalue weighted by atomic mass is 10.0. The molecule has 1 fully saturated rings. The van der Waals surface area contributed by atoms with E-state index < -0.39 is 0 Å². The van der Waals surface area contributed by atoms with E-state index in [4.69, 9.17) is 11.6 Å². The summed E-state index contributed by atoms with van der Waals surface area (Å²) in [5.41, 5.74) is 5.94. The van der Waals surface area contributed by atoms with E-state index in [1.807, 2.05) is 26.4 Å². The summed E-state index contributed by atoms with van der Waals surface area (Å²) >= 11 is 9.97. The van der Waals surface area contributed by atoms with Gasteiger partial charge in [-0.25, -0.2) is 0 Å². The van der Waals surface area contributed by atoms with Gasteiger partial charge >= 0.3 is 0 Å². The molecule has 0 saturated carbocycles. The van der Waals surface area contributed by atoms with Crippen molar-refractivity contribution in [3.63, 3.8) is 0 Å². The average molecular weight is 489 g/mol. The Morgan fingerprint density at radius 2 is 1.70 bits per heavy atom. The molecule has 0 radical (unpaired) electrons. The van der Waals surface area contributed by atoms with E-state index in [0.717, 1.165) is 66.6 Å². The third-order valence-electron chi connectivity index (χ3n) is 5.79. The van der Waals surface area contributed by atoms with E-state index in [1.165, 1.54) is 16.7 Å². The van der Waals surface area contributed by atoms with Gasteiger partial charge in [0.1, 0.15) is 5.15 Å². The summed E-state index contributed by atoms with van der Waals surface area (Å²) in [6, 6.07) is 10.6. The molecule has 158 valence electrons. The molecule has 1 aliphatic heterocycles. The molecule has 4 rings (SSSR count). The van der Waals surface area contributed by atoms with Gasteiger partial charge < -0.3 is 0 Å². The van der Waals surface area contributed by atoms with Crippen LogP contribution in [0.5, 0.6) is 0 Å². The molecule has 0 N–H and O–H groups in total. The van der Waals surface area contributed by atoms with Crippen molar-refractivity contribution >= 4 is 27.5 Å². The van der Waals surface area contributed by atoms with Gasteiger partial charge in [-0.1, -0.05) is 39.7 Å². The van der Waals surface area contributed by atoms with Crippen LogP contribution in [-0.4, -0.2) is 50.7 Å². The molecule has 5 nitrogen and oxygen atoms in total. The Hall–Kier alpha value is -1.73. The maximum Gasteiger partial charge on any atom is 0.131 e. The summed E-state index contributed by atoms with van der Waals surface area (Å²) in [7, 11) is 1.90. The summed E-state index contributed by atoms with van der Waals surface area (Å²) in [5, 5.41) is 5.20. The molecule has 3 aromatic rings. The first kappa shape index (κ1) is 21.5. The van der Waals surface area contributed by atoms with Crippen LogP contribution in [0.1, 0.15) is 23.2 Å². The molecule has 2 aromatic heterocycles. The molecule has 1 aromatic carbocycles. The number of aromatic nitrogens is 3. The van der Waals surface area contributed by atoms with E-state index in [-0.39, 0.29) is 0 Å². The van der Waals surface area contributed by atoms with Gasteiger partial charge in [0, 0.05) is 55.7 Å². The molecule has 1 aliphatic rings. The number of halogens is 2. The third kappa shape index (κ3) is 4.94. The van der Waals surface area contributed by atoms with Crippen molar-refractivity contribution in [2.75, 3.05) is 26.2 Å². The van der Waals surface area contributed by atoms with Crippen LogP contribution in [-0.2, 0) is 20.1 Å². The van der Waals surface area contributed by atoms with Crippen LogP contribution in [0.3, 0.4) is 0 Å². The lowest BCUT2D eigenvalue weighted by Crippen LogP contribution is -2.30. The second-order valence-corrected chi connectivity index (χ2v) is 9.20. The minimum Gasteiger partial charge on any atom is -0.298 e. The highest BCUT2D eigenvalue weighted by Crippen LogP contribution is 2.26. The predicted molar refractivity (Wildman–Crippen MR) is 125 cm³/mol. The number of aryl methyl sites for hydroxylation is 2. The first-order valence-electron chi connectivity index (χ1n) is 10.3. The topological polar surface area (TPSA) is 37.2 Å². The molecule has 0 bridgehead atoms. The van der Waals surface area contributed by atoms with Gasteiger partial charge in [0.05, 0.1) is 5.69 Å². The predicted octanol–water partition coefficient (Wildman–Crippen LogP) is 4.91. The number of nitrogens with zero attached hydrogens (tertiary/aromatic N) is 5. The maximum absolute atomic E-state index is 6.45. The van der Waals surface area contributed by atoms with Gasteiger partial charge in [-0.15, -0.1) is 0 Å². The standard InChI is InChI=1S/C23H27BrClN5/c1-17-22(23(25)28(2)27-17)16-30-11-3-10-29(12-13-30)15-19-14-26-9-8-21(19)18-4-6-20(24)7-5-18/h4-9,14H,3,10-13,15-16H2,1-2H3. The smallest absolute Gasteiger partial charge is 0.131 e. The Kier molecular flexibility index (Phi) is 6.88. The van der Waals surface area contributed by atoms with E-state index in [9.17, 15) is 0 Å². The van der Waals surface area contributed by atoms with E-state index >= 15 is 0 Å². The Morgan fingerprint density at radius 1 is 1.00 bits per heavy atom. The average Bonchev–Trinajstić information content (AvgIpc) is 2.89. The first-order chi connectivity index (χ1) is 14.5. The van der Waals surface area contributed by atoms with Gasteiger partial charge in [-0.3, -0.25) is 19.5 Å². The fourth-order valence-electron chi connectivity index (χ4n) is 4.12. The van der Waals surface area contributed by atoms with Crippen molar-refractivity contribution < 1.29 is 0 Å². The minimum absolute atomic E-state index is 0.753. The van der Waals surface area contributed by atoms with Crippen LogP contribution >= 0.6 is 27.5 Å². The van der Waals surface area contributed by atoms with Crippen molar-refractivity contribution in [2.45, 2.75) is 26.4 Å². The summed E-state index contributed by atoms with van der Waals surface area (Å²) in [5.74, 6) is 0. The highest BCUT2D eigenvalue weighted by molar-refractivity contribution is 9.10. The molecule has 0 unspecified atom stereocenters. The Morgan fingerprint density at radius 3 is 2.37 bits per heavy atom. The zero-order valence-electron chi connectivity index (χ0n) is 17.5. The third-order valence-corrected chi connectivity index (χ3v) is 6.79. The van der Waals surface area contributed by atoms with Crippen LogP contribution in [0.25, 0.3) is 11.1 Å². The Balaban J connectivity index is 1.43. The lowest BCUT2D eigenvalue weighted by molar-refractivity contribution is 0.247. The summed E-state index contributed by atoms with van der Waals surface area (Å²) < 4.78 is 2.86. The largest absolute Gasteiger partial charge is 0.298 e. The molecule has 3 heterocycles. The van der Waals surface area contributed by atoms with Crippen molar-refractivity contribution in [1.29, 1.82) is 0 Å². The molecular weight excluding hydrogens is 462 g/mol. The summed E-state index contributed by atoms with van der Waals surface area (Å²) in [6.45, 7) is 8.05. The molecular formula is C23H27BrClN5. The molecule has 0 aliphatic carbocycles. The zero-order chi connectivity index (χ0) is 21.1. The minimum atomic E-state index is 0.753. The van der Waals surface area contributed by atoms with Crippen molar-refractivity contribution in [1.82, 2.24) is 24.6 Å². The first-order valence-corrected chi connectivity index (χ1v) is 11.5. The van der Waals surface area contributed by atoms with E-state index in [0.29, 0.717) is 0 Å². The fourth-order valence-corrected chi connectivity index (χ4v) is 4.62. The van der Waals surface area contributed by atoms with Gasteiger partial charge in [-0.05, 0) is 61.3 Å². The van der Waals surface area contributed by atoms with Gasteiger partial charge in [-0.2, -0.15) is 5.10 Å². The number of pyridine rings is 1. The quantitative estimate of drug-likeness (QED) is 0.511. The van der Waals surface area contributed by atoms with Gasteiger partial charge in [0.2, 0.25) is 0 Å². The maximum atomic E-state index is 6.45. The molecule has 0 amide bonds. The Bertz CT molecular complexity index is 1000. The lowest BCUT2D eigenvalue weighted by Gasteiger charge is -2.23. The fraction of sp³-hybridized carbons (Fsp3) is 0.391. The van der Waals surface area contributed by atoms with Crippen LogP contribution in [0.4, 0.5) is 0 Å². The summed E-state index contributed by atoms with van der Waals surface area (Å²) in [4.78, 5) is 9.43. The zero-order valence-corrected chi connectivity index (χ0v) is 19.8. The van der Waals surface area contributed by atoms with Crippen LogP contribution in [0.2, 0.25) is 5.15 Å². The molecule has 30 heavy (non-hydrogen) atoms. The number of hydrogen-bond acceptors (Lipinski definition) is 4.